The molecule has 0 saturated carbocycles. The average molecular weight is 535 g/mol. The minimum absolute atomic E-state index is 0.0458. The average Bonchev–Trinajstić information content (AvgIpc) is 2.90. The van der Waals surface area contributed by atoms with Crippen LogP contribution in [0.5, 0.6) is 0 Å². The van der Waals surface area contributed by atoms with Gasteiger partial charge in [-0.25, -0.2) is 4.98 Å². The van der Waals surface area contributed by atoms with E-state index in [2.05, 4.69) is 11.8 Å². The zero-order valence-corrected chi connectivity index (χ0v) is 22.3. The summed E-state index contributed by atoms with van der Waals surface area (Å²) in [5.41, 5.74) is 2.14. The number of nitrogens with zero attached hydrogens (tertiary/aromatic N) is 4. The molecule has 2 heterocycles. The SMILES string of the molecule is CC(c1nc2ccccc2c(=O)n1Cc1ccccc1)N1CCN(C(=O)c2ccc(Cl)cc2Cl)C(C)C1. The highest BCUT2D eigenvalue weighted by Gasteiger charge is 2.33. The summed E-state index contributed by atoms with van der Waals surface area (Å²) < 4.78 is 1.79. The van der Waals surface area contributed by atoms with Crippen LogP contribution in [-0.2, 0) is 6.54 Å². The number of fused-ring (bicyclic) bond motifs is 1. The second-order valence-electron chi connectivity index (χ2n) is 9.51. The second-order valence-corrected chi connectivity index (χ2v) is 10.4. The van der Waals surface area contributed by atoms with Crippen LogP contribution in [-0.4, -0.2) is 50.9 Å². The predicted molar refractivity (Wildman–Crippen MR) is 148 cm³/mol. The summed E-state index contributed by atoms with van der Waals surface area (Å²) in [6.07, 6.45) is 0. The molecule has 0 spiro atoms. The Kier molecular flexibility index (Phi) is 7.33. The number of hydrogen-bond donors (Lipinski definition) is 0. The highest BCUT2D eigenvalue weighted by atomic mass is 35.5. The van der Waals surface area contributed by atoms with E-state index in [9.17, 15) is 9.59 Å². The van der Waals surface area contributed by atoms with E-state index in [0.29, 0.717) is 52.7 Å². The number of para-hydroxylation sites is 1. The van der Waals surface area contributed by atoms with Gasteiger partial charge in [-0.1, -0.05) is 65.7 Å². The molecule has 8 heteroatoms. The molecule has 4 aromatic rings. The molecule has 1 fully saturated rings. The van der Waals surface area contributed by atoms with Crippen LogP contribution < -0.4 is 5.56 Å². The molecule has 6 nitrogen and oxygen atoms in total. The van der Waals surface area contributed by atoms with E-state index in [-0.39, 0.29) is 23.6 Å². The molecule has 3 aromatic carbocycles. The van der Waals surface area contributed by atoms with Crippen LogP contribution in [0.4, 0.5) is 0 Å². The maximum absolute atomic E-state index is 13.6. The Hall–Kier alpha value is -3.19. The number of benzene rings is 3. The van der Waals surface area contributed by atoms with Crippen molar-refractivity contribution in [3.63, 3.8) is 0 Å². The minimum Gasteiger partial charge on any atom is -0.333 e. The summed E-state index contributed by atoms with van der Waals surface area (Å²) in [5, 5.41) is 1.46. The molecule has 190 valence electrons. The van der Waals surface area contributed by atoms with Crippen molar-refractivity contribution in [1.29, 1.82) is 0 Å². The smallest absolute Gasteiger partial charge is 0.261 e. The summed E-state index contributed by atoms with van der Waals surface area (Å²) >= 11 is 12.3. The van der Waals surface area contributed by atoms with E-state index in [1.54, 1.807) is 22.8 Å². The maximum Gasteiger partial charge on any atom is 0.261 e. The lowest BCUT2D eigenvalue weighted by molar-refractivity contribution is 0.0391. The molecule has 37 heavy (non-hydrogen) atoms. The van der Waals surface area contributed by atoms with Gasteiger partial charge in [0.15, 0.2) is 0 Å². The van der Waals surface area contributed by atoms with Crippen LogP contribution in [0.1, 0.15) is 41.6 Å². The van der Waals surface area contributed by atoms with E-state index in [0.717, 1.165) is 11.4 Å². The van der Waals surface area contributed by atoms with Crippen molar-refractivity contribution in [3.05, 3.63) is 110 Å². The first-order chi connectivity index (χ1) is 17.8. The Balaban J connectivity index is 1.43. The Morgan fingerprint density at radius 3 is 2.49 bits per heavy atom. The lowest BCUT2D eigenvalue weighted by Crippen LogP contribution is -2.54. The first kappa shape index (κ1) is 25.5. The first-order valence-electron chi connectivity index (χ1n) is 12.4. The van der Waals surface area contributed by atoms with Crippen LogP contribution in [0.3, 0.4) is 0 Å². The quantitative estimate of drug-likeness (QED) is 0.331. The Bertz CT molecular complexity index is 1510. The van der Waals surface area contributed by atoms with Gasteiger partial charge in [0.2, 0.25) is 0 Å². The molecular weight excluding hydrogens is 507 g/mol. The van der Waals surface area contributed by atoms with Crippen molar-refractivity contribution in [3.8, 4) is 0 Å². The summed E-state index contributed by atoms with van der Waals surface area (Å²) in [6, 6.07) is 22.2. The third-order valence-electron chi connectivity index (χ3n) is 7.08. The highest BCUT2D eigenvalue weighted by molar-refractivity contribution is 6.36. The molecule has 1 saturated heterocycles. The van der Waals surface area contributed by atoms with Crippen molar-refractivity contribution in [2.24, 2.45) is 0 Å². The fraction of sp³-hybridized carbons (Fsp3) is 0.276. The van der Waals surface area contributed by atoms with Gasteiger partial charge < -0.3 is 4.90 Å². The number of hydrogen-bond acceptors (Lipinski definition) is 4. The molecule has 0 radical (unpaired) electrons. The van der Waals surface area contributed by atoms with Gasteiger partial charge in [0.1, 0.15) is 5.82 Å². The van der Waals surface area contributed by atoms with Crippen molar-refractivity contribution in [1.82, 2.24) is 19.4 Å². The van der Waals surface area contributed by atoms with Crippen molar-refractivity contribution in [2.45, 2.75) is 32.5 Å². The number of carbonyl (C=O) groups is 1. The van der Waals surface area contributed by atoms with Crippen LogP contribution in [0, 0.1) is 0 Å². The van der Waals surface area contributed by atoms with E-state index in [4.69, 9.17) is 28.2 Å². The van der Waals surface area contributed by atoms with Gasteiger partial charge in [-0.05, 0) is 49.7 Å². The molecule has 1 aliphatic rings. The fourth-order valence-corrected chi connectivity index (χ4v) is 5.53. The minimum atomic E-state index is -0.125. The van der Waals surface area contributed by atoms with Gasteiger partial charge in [-0.2, -0.15) is 0 Å². The second kappa shape index (κ2) is 10.7. The van der Waals surface area contributed by atoms with Crippen LogP contribution in [0.2, 0.25) is 10.0 Å². The predicted octanol–water partition coefficient (Wildman–Crippen LogP) is 5.66. The molecule has 0 N–H and O–H groups in total. The molecule has 5 rings (SSSR count). The largest absolute Gasteiger partial charge is 0.333 e. The van der Waals surface area contributed by atoms with Crippen molar-refractivity contribution < 1.29 is 4.79 Å². The number of piperazine rings is 1. The van der Waals surface area contributed by atoms with E-state index < -0.39 is 0 Å². The third kappa shape index (κ3) is 5.14. The number of aromatic nitrogens is 2. The number of rotatable bonds is 5. The topological polar surface area (TPSA) is 58.4 Å². The summed E-state index contributed by atoms with van der Waals surface area (Å²) in [7, 11) is 0. The van der Waals surface area contributed by atoms with Crippen LogP contribution >= 0.6 is 23.2 Å². The monoisotopic (exact) mass is 534 g/mol. The van der Waals surface area contributed by atoms with Gasteiger partial charge in [0.25, 0.3) is 11.5 Å². The van der Waals surface area contributed by atoms with Gasteiger partial charge in [0.05, 0.1) is 34.1 Å². The highest BCUT2D eigenvalue weighted by Crippen LogP contribution is 2.27. The lowest BCUT2D eigenvalue weighted by Gasteiger charge is -2.42. The molecule has 0 bridgehead atoms. The standard InChI is InChI=1S/C29H28Cl2N4O2/c1-19-17-33(14-15-34(19)28(36)23-13-12-22(30)16-25(23)31)20(2)27-32-26-11-7-6-10-24(26)29(37)35(27)18-21-8-4-3-5-9-21/h3-13,16,19-20H,14-15,17-18H2,1-2H3. The van der Waals surface area contributed by atoms with Crippen LogP contribution in [0.25, 0.3) is 10.9 Å². The molecular formula is C29H28Cl2N4O2. The summed E-state index contributed by atoms with van der Waals surface area (Å²) in [5.74, 6) is 0.617. The van der Waals surface area contributed by atoms with E-state index >= 15 is 0 Å². The molecule has 2 unspecified atom stereocenters. The van der Waals surface area contributed by atoms with Gasteiger partial charge in [-0.3, -0.25) is 19.1 Å². The summed E-state index contributed by atoms with van der Waals surface area (Å²) in [6.45, 7) is 6.40. The molecule has 1 aliphatic heterocycles. The molecule has 1 aromatic heterocycles. The third-order valence-corrected chi connectivity index (χ3v) is 7.63. The fourth-order valence-electron chi connectivity index (χ4n) is 5.04. The molecule has 2 atom stereocenters. The van der Waals surface area contributed by atoms with Crippen molar-refractivity contribution in [2.75, 3.05) is 19.6 Å². The zero-order valence-electron chi connectivity index (χ0n) is 20.8. The summed E-state index contributed by atoms with van der Waals surface area (Å²) in [4.78, 5) is 36.0. The molecule has 0 aliphatic carbocycles. The van der Waals surface area contributed by atoms with E-state index in [1.807, 2.05) is 66.4 Å². The lowest BCUT2D eigenvalue weighted by atomic mass is 10.1. The van der Waals surface area contributed by atoms with Gasteiger partial charge in [0, 0.05) is 30.7 Å². The zero-order chi connectivity index (χ0) is 26.1. The number of halogens is 2. The normalized spacial score (nSPS) is 17.2. The Morgan fingerprint density at radius 1 is 1.03 bits per heavy atom. The molecule has 1 amide bonds. The van der Waals surface area contributed by atoms with Gasteiger partial charge >= 0.3 is 0 Å². The maximum atomic E-state index is 13.6. The Morgan fingerprint density at radius 2 is 1.76 bits per heavy atom. The van der Waals surface area contributed by atoms with Crippen molar-refractivity contribution >= 4 is 40.0 Å². The van der Waals surface area contributed by atoms with Gasteiger partial charge in [-0.15, -0.1) is 0 Å². The van der Waals surface area contributed by atoms with E-state index in [1.165, 1.54) is 0 Å². The Labute approximate surface area is 226 Å². The number of carbonyl (C=O) groups excluding carboxylic acids is 1. The first-order valence-corrected chi connectivity index (χ1v) is 13.1. The number of amides is 1. The van der Waals surface area contributed by atoms with Crippen LogP contribution in [0.15, 0.2) is 77.6 Å².